The van der Waals surface area contributed by atoms with Crippen LogP contribution >= 0.6 is 22.6 Å². The lowest BCUT2D eigenvalue weighted by atomic mass is 9.92. The van der Waals surface area contributed by atoms with Crippen LogP contribution in [0.4, 0.5) is 30.7 Å². The average molecular weight is 533 g/mol. The van der Waals surface area contributed by atoms with Crippen molar-refractivity contribution in [3.05, 3.63) is 51.1 Å². The number of halogens is 8. The van der Waals surface area contributed by atoms with Gasteiger partial charge in [-0.1, -0.05) is 18.2 Å². The van der Waals surface area contributed by atoms with Gasteiger partial charge in [-0.25, -0.2) is 4.39 Å². The van der Waals surface area contributed by atoms with Gasteiger partial charge in [-0.05, 0) is 53.3 Å². The summed E-state index contributed by atoms with van der Waals surface area (Å²) >= 11 is 1.89. The van der Waals surface area contributed by atoms with Crippen LogP contribution in [-0.2, 0) is 5.67 Å². The van der Waals surface area contributed by atoms with E-state index < -0.39 is 35.3 Å². The van der Waals surface area contributed by atoms with Crippen LogP contribution in [0.3, 0.4) is 0 Å². The molecule has 0 unspecified atom stereocenters. The number of fused-ring (bicyclic) bond motifs is 1. The number of aromatic nitrogens is 1. The first-order valence-electron chi connectivity index (χ1n) is 7.86. The van der Waals surface area contributed by atoms with Crippen LogP contribution in [0.1, 0.15) is 11.1 Å². The Labute approximate surface area is 172 Å². The van der Waals surface area contributed by atoms with Gasteiger partial charge >= 0.3 is 18.0 Å². The zero-order valence-corrected chi connectivity index (χ0v) is 16.5. The molecule has 2 aromatic carbocycles. The summed E-state index contributed by atoms with van der Waals surface area (Å²) in [6.07, 6.45) is -12.5. The molecule has 1 heterocycles. The van der Waals surface area contributed by atoms with Crippen molar-refractivity contribution in [1.82, 2.24) is 4.57 Å². The summed E-state index contributed by atoms with van der Waals surface area (Å²) in [5.74, 6) is -0.929. The van der Waals surface area contributed by atoms with Crippen LogP contribution in [0.5, 0.6) is 11.8 Å². The minimum absolute atomic E-state index is 0.109. The first-order valence-corrected chi connectivity index (χ1v) is 8.94. The van der Waals surface area contributed by atoms with Crippen molar-refractivity contribution < 1.29 is 40.9 Å². The molecule has 3 rings (SSSR count). The van der Waals surface area contributed by atoms with Crippen LogP contribution in [0, 0.1) is 10.5 Å². The van der Waals surface area contributed by atoms with Gasteiger partial charge in [-0.3, -0.25) is 4.57 Å². The summed E-state index contributed by atoms with van der Waals surface area (Å²) in [6.45, 7) is 1.14. The second kappa shape index (κ2) is 6.67. The number of rotatable bonds is 2. The smallest absolute Gasteiger partial charge is 0.435 e. The minimum Gasteiger partial charge on any atom is -0.494 e. The third-order valence-electron chi connectivity index (χ3n) is 4.52. The van der Waals surface area contributed by atoms with E-state index in [1.807, 2.05) is 22.6 Å². The highest BCUT2D eigenvalue weighted by atomic mass is 127. The summed E-state index contributed by atoms with van der Waals surface area (Å²) in [6, 6.07) is 6.21. The predicted octanol–water partition coefficient (Wildman–Crippen LogP) is 6.24. The first kappa shape index (κ1) is 21.5. The molecule has 0 saturated carbocycles. The van der Waals surface area contributed by atoms with Crippen LogP contribution < -0.4 is 0 Å². The van der Waals surface area contributed by atoms with E-state index in [9.17, 15) is 40.9 Å². The molecule has 11 heteroatoms. The standard InChI is InChI=1S/C18H11F7INO2/c1-8-7-9(16(19,17(20,21)22)18(23,24)25)5-6-12(8)27-14(28)10-3-2-4-11(26)13(10)15(27)29/h2-7,28-29H,1H3. The van der Waals surface area contributed by atoms with Crippen LogP contribution in [-0.4, -0.2) is 27.1 Å². The Morgan fingerprint density at radius 1 is 0.862 bits per heavy atom. The normalized spacial score (nSPS) is 13.3. The largest absolute Gasteiger partial charge is 0.494 e. The molecular weight excluding hydrogens is 522 g/mol. The maximum atomic E-state index is 14.3. The van der Waals surface area contributed by atoms with Gasteiger partial charge in [0.15, 0.2) is 0 Å². The molecule has 0 saturated heterocycles. The zero-order chi connectivity index (χ0) is 21.9. The Bertz CT molecular complexity index is 1090. The molecule has 29 heavy (non-hydrogen) atoms. The monoisotopic (exact) mass is 533 g/mol. The fourth-order valence-electron chi connectivity index (χ4n) is 3.11. The molecular formula is C18H11F7INO2. The highest BCUT2D eigenvalue weighted by Gasteiger charge is 2.73. The second-order valence-corrected chi connectivity index (χ2v) is 7.46. The Kier molecular flexibility index (Phi) is 4.95. The Morgan fingerprint density at radius 2 is 1.45 bits per heavy atom. The fourth-order valence-corrected chi connectivity index (χ4v) is 3.85. The average Bonchev–Trinajstić information content (AvgIpc) is 2.84. The van der Waals surface area contributed by atoms with E-state index >= 15 is 0 Å². The molecule has 0 radical (unpaired) electrons. The highest BCUT2D eigenvalue weighted by Crippen LogP contribution is 2.53. The number of aryl methyl sites for hydroxylation is 1. The molecule has 0 aliphatic heterocycles. The van der Waals surface area contributed by atoms with E-state index in [1.165, 1.54) is 6.07 Å². The van der Waals surface area contributed by atoms with Crippen molar-refractivity contribution in [1.29, 1.82) is 0 Å². The van der Waals surface area contributed by atoms with Gasteiger partial charge in [0.1, 0.15) is 0 Å². The van der Waals surface area contributed by atoms with Crippen LogP contribution in [0.15, 0.2) is 36.4 Å². The predicted molar refractivity (Wildman–Crippen MR) is 99.0 cm³/mol. The molecule has 0 aliphatic carbocycles. The third kappa shape index (κ3) is 3.09. The summed E-state index contributed by atoms with van der Waals surface area (Å²) in [7, 11) is 0. The summed E-state index contributed by atoms with van der Waals surface area (Å²) in [5, 5.41) is 21.4. The van der Waals surface area contributed by atoms with Gasteiger partial charge < -0.3 is 10.2 Å². The zero-order valence-electron chi connectivity index (χ0n) is 14.3. The van der Waals surface area contributed by atoms with Crippen molar-refractivity contribution in [2.45, 2.75) is 24.9 Å². The molecule has 3 aromatic rings. The Balaban J connectivity index is 2.25. The Morgan fingerprint density at radius 3 is 1.93 bits per heavy atom. The molecule has 0 atom stereocenters. The molecule has 1 aromatic heterocycles. The number of benzene rings is 2. The second-order valence-electron chi connectivity index (χ2n) is 6.30. The van der Waals surface area contributed by atoms with Gasteiger partial charge in [0, 0.05) is 14.5 Å². The summed E-state index contributed by atoms with van der Waals surface area (Å²) < 4.78 is 93.5. The fraction of sp³-hybridized carbons (Fsp3) is 0.222. The van der Waals surface area contributed by atoms with Crippen molar-refractivity contribution in [3.63, 3.8) is 0 Å². The highest BCUT2D eigenvalue weighted by molar-refractivity contribution is 14.1. The summed E-state index contributed by atoms with van der Waals surface area (Å²) in [4.78, 5) is 0. The maximum Gasteiger partial charge on any atom is 0.435 e. The van der Waals surface area contributed by atoms with Gasteiger partial charge in [0.25, 0.3) is 0 Å². The first-order chi connectivity index (χ1) is 13.2. The van der Waals surface area contributed by atoms with Gasteiger partial charge in [0.2, 0.25) is 11.8 Å². The lowest BCUT2D eigenvalue weighted by Gasteiger charge is -2.30. The Hall–Kier alpha value is -2.18. The SMILES string of the molecule is Cc1cc(C(F)(C(F)(F)F)C(F)(F)F)ccc1-n1c(O)c2cccc(I)c2c1O. The van der Waals surface area contributed by atoms with Crippen molar-refractivity contribution in [2.75, 3.05) is 0 Å². The van der Waals surface area contributed by atoms with Crippen molar-refractivity contribution >= 4 is 33.4 Å². The van der Waals surface area contributed by atoms with E-state index in [-0.39, 0.29) is 22.0 Å². The lowest BCUT2D eigenvalue weighted by Crippen LogP contribution is -2.50. The number of alkyl halides is 7. The third-order valence-corrected chi connectivity index (χ3v) is 5.42. The van der Waals surface area contributed by atoms with Gasteiger partial charge in [-0.2, -0.15) is 26.3 Å². The molecule has 0 fully saturated rings. The summed E-state index contributed by atoms with van der Waals surface area (Å²) in [5.41, 5.74) is -7.55. The van der Waals surface area contributed by atoms with Crippen molar-refractivity contribution in [2.24, 2.45) is 0 Å². The molecule has 0 amide bonds. The topological polar surface area (TPSA) is 45.4 Å². The van der Waals surface area contributed by atoms with Gasteiger partial charge in [-0.15, -0.1) is 0 Å². The lowest BCUT2D eigenvalue weighted by molar-refractivity contribution is -0.348. The van der Waals surface area contributed by atoms with Gasteiger partial charge in [0.05, 0.1) is 11.1 Å². The molecule has 2 N–H and O–H groups in total. The molecule has 156 valence electrons. The van der Waals surface area contributed by atoms with Crippen LogP contribution in [0.2, 0.25) is 0 Å². The van der Waals surface area contributed by atoms with E-state index in [0.717, 1.165) is 17.6 Å². The molecule has 3 nitrogen and oxygen atoms in total. The molecule has 0 aliphatic rings. The number of aromatic hydroxyl groups is 2. The van der Waals surface area contributed by atoms with Crippen LogP contribution in [0.25, 0.3) is 16.5 Å². The van der Waals surface area contributed by atoms with Crippen molar-refractivity contribution in [3.8, 4) is 17.4 Å². The number of hydrogen-bond donors (Lipinski definition) is 2. The number of hydrogen-bond acceptors (Lipinski definition) is 2. The maximum absolute atomic E-state index is 14.3. The molecule has 0 spiro atoms. The van der Waals surface area contributed by atoms with E-state index in [0.29, 0.717) is 15.7 Å². The quantitative estimate of drug-likeness (QED) is 0.303. The van der Waals surface area contributed by atoms with E-state index in [4.69, 9.17) is 0 Å². The number of nitrogens with zero attached hydrogens (tertiary/aromatic N) is 1. The molecule has 0 bridgehead atoms. The van der Waals surface area contributed by atoms with E-state index in [2.05, 4.69) is 0 Å². The van der Waals surface area contributed by atoms with E-state index in [1.54, 1.807) is 12.1 Å². The minimum atomic E-state index is -6.23.